The van der Waals surface area contributed by atoms with Gasteiger partial charge in [-0.25, -0.2) is 4.79 Å². The summed E-state index contributed by atoms with van der Waals surface area (Å²) in [5.41, 5.74) is 0. The Morgan fingerprint density at radius 2 is 0.949 bits per heavy atom. The van der Waals surface area contributed by atoms with Gasteiger partial charge in [0, 0.05) is 19.5 Å². The highest BCUT2D eigenvalue weighted by Crippen LogP contribution is 2.11. The summed E-state index contributed by atoms with van der Waals surface area (Å²) < 4.78 is 0. The average Bonchev–Trinajstić information content (AvgIpc) is 2.92. The van der Waals surface area contributed by atoms with Crippen LogP contribution in [0.3, 0.4) is 0 Å². The Bertz CT molecular complexity index is 642. The van der Waals surface area contributed by atoms with Crippen LogP contribution in [0, 0.1) is 0 Å². The minimum atomic E-state index is -1.65. The number of amides is 3. The average molecular weight is 554 g/mol. The Kier molecular flexibility index (Phi) is 26.0. The molecule has 39 heavy (non-hydrogen) atoms. The minimum absolute atomic E-state index is 0.0496. The van der Waals surface area contributed by atoms with Gasteiger partial charge in [-0.05, 0) is 19.3 Å². The van der Waals surface area contributed by atoms with E-state index in [0.29, 0.717) is 13.1 Å². The van der Waals surface area contributed by atoms with Gasteiger partial charge in [0.15, 0.2) is 0 Å². The molecule has 0 heterocycles. The Morgan fingerprint density at radius 3 is 1.36 bits per heavy atom. The molecule has 0 rings (SSSR count). The molecule has 0 aromatic heterocycles. The fraction of sp³-hybridized carbons (Fsp3) is 0.871. The van der Waals surface area contributed by atoms with E-state index in [1.54, 1.807) is 0 Å². The molecule has 1 atom stereocenters. The predicted octanol–water partition coefficient (Wildman–Crippen LogP) is 6.41. The van der Waals surface area contributed by atoms with Crippen molar-refractivity contribution in [2.24, 2.45) is 0 Å². The maximum Gasteiger partial charge on any atom is 0.394 e. The molecule has 0 radical (unpaired) electrons. The van der Waals surface area contributed by atoms with E-state index < -0.39 is 23.8 Å². The highest BCUT2D eigenvalue weighted by Gasteiger charge is 2.24. The lowest BCUT2D eigenvalue weighted by atomic mass is 10.1. The molecule has 8 heteroatoms. The Balaban J connectivity index is 4.06. The summed E-state index contributed by atoms with van der Waals surface area (Å²) >= 11 is 0. The zero-order valence-electron chi connectivity index (χ0n) is 25.1. The summed E-state index contributed by atoms with van der Waals surface area (Å²) in [4.78, 5) is 47.4. The van der Waals surface area contributed by atoms with Crippen molar-refractivity contribution in [3.05, 3.63) is 0 Å². The largest absolute Gasteiger partial charge is 0.474 e. The van der Waals surface area contributed by atoms with Gasteiger partial charge in [-0.2, -0.15) is 0 Å². The normalized spacial score (nSPS) is 11.6. The highest BCUT2D eigenvalue weighted by atomic mass is 16.4. The third-order valence-corrected chi connectivity index (χ3v) is 7.16. The van der Waals surface area contributed by atoms with E-state index in [1.807, 2.05) is 0 Å². The molecule has 3 amide bonds. The van der Waals surface area contributed by atoms with Crippen LogP contribution in [-0.2, 0) is 19.2 Å². The molecule has 0 aromatic carbocycles. The second-order valence-electron chi connectivity index (χ2n) is 10.9. The summed E-state index contributed by atoms with van der Waals surface area (Å²) in [6.45, 7) is 5.51. The standard InChI is InChI=1S/C31H59N3O5/c1-3-5-7-9-11-13-15-17-19-21-25-32-28(35)24-23-27(34-30(37)31(38)39)29(36)33-26-22-20-18-16-14-12-10-8-6-4-2/h27H,3-26H2,1-2H3,(H,32,35)(H,33,36)(H,34,37)(H,38,39)/t27-/m0/s1. The first-order valence-corrected chi connectivity index (χ1v) is 16.0. The first kappa shape index (κ1) is 36.9. The summed E-state index contributed by atoms with van der Waals surface area (Å²) in [6, 6.07) is -1.04. The molecule has 0 aliphatic carbocycles. The minimum Gasteiger partial charge on any atom is -0.474 e. The number of carboxylic acid groups (broad SMARTS) is 1. The number of unbranched alkanes of at least 4 members (excludes halogenated alkanes) is 18. The monoisotopic (exact) mass is 553 g/mol. The quantitative estimate of drug-likeness (QED) is 0.0691. The molecule has 8 nitrogen and oxygen atoms in total. The van der Waals surface area contributed by atoms with Crippen LogP contribution >= 0.6 is 0 Å². The van der Waals surface area contributed by atoms with Crippen LogP contribution in [0.4, 0.5) is 0 Å². The second-order valence-corrected chi connectivity index (χ2v) is 10.9. The van der Waals surface area contributed by atoms with E-state index in [1.165, 1.54) is 96.3 Å². The van der Waals surface area contributed by atoms with E-state index in [2.05, 4.69) is 29.8 Å². The van der Waals surface area contributed by atoms with Crippen molar-refractivity contribution >= 4 is 23.7 Å². The first-order valence-electron chi connectivity index (χ1n) is 16.0. The number of carbonyl (C=O) groups excluding carboxylic acids is 3. The third-order valence-electron chi connectivity index (χ3n) is 7.16. The van der Waals surface area contributed by atoms with Crippen LogP contribution < -0.4 is 16.0 Å². The molecule has 0 bridgehead atoms. The van der Waals surface area contributed by atoms with E-state index in [0.717, 1.165) is 32.1 Å². The molecule has 0 fully saturated rings. The number of aliphatic carboxylic acids is 1. The number of carbonyl (C=O) groups is 4. The van der Waals surface area contributed by atoms with Gasteiger partial charge in [0.05, 0.1) is 0 Å². The molecule has 0 saturated carbocycles. The van der Waals surface area contributed by atoms with Crippen molar-refractivity contribution in [2.75, 3.05) is 13.1 Å². The molecular weight excluding hydrogens is 494 g/mol. The van der Waals surface area contributed by atoms with Gasteiger partial charge < -0.3 is 21.1 Å². The smallest absolute Gasteiger partial charge is 0.394 e. The first-order chi connectivity index (χ1) is 18.9. The summed E-state index contributed by atoms with van der Waals surface area (Å²) in [7, 11) is 0. The summed E-state index contributed by atoms with van der Waals surface area (Å²) in [5.74, 6) is -3.52. The van der Waals surface area contributed by atoms with Crippen LogP contribution in [-0.4, -0.2) is 47.9 Å². The van der Waals surface area contributed by atoms with Gasteiger partial charge in [0.2, 0.25) is 11.8 Å². The third kappa shape index (κ3) is 24.6. The predicted molar refractivity (Wildman–Crippen MR) is 159 cm³/mol. The van der Waals surface area contributed by atoms with Gasteiger partial charge in [-0.3, -0.25) is 14.4 Å². The maximum atomic E-state index is 12.6. The molecular formula is C31H59N3O5. The van der Waals surface area contributed by atoms with Crippen LogP contribution in [0.1, 0.15) is 155 Å². The number of nitrogens with one attached hydrogen (secondary N) is 3. The lowest BCUT2D eigenvalue weighted by molar-refractivity contribution is -0.151. The van der Waals surface area contributed by atoms with Crippen LogP contribution in [0.2, 0.25) is 0 Å². The summed E-state index contributed by atoms with van der Waals surface area (Å²) in [5, 5.41) is 16.8. The van der Waals surface area contributed by atoms with Crippen molar-refractivity contribution in [3.63, 3.8) is 0 Å². The topological polar surface area (TPSA) is 125 Å². The molecule has 0 aromatic rings. The van der Waals surface area contributed by atoms with Gasteiger partial charge in [0.25, 0.3) is 0 Å². The number of hydrogen-bond acceptors (Lipinski definition) is 4. The number of rotatable bonds is 27. The second kappa shape index (κ2) is 27.4. The number of carboxylic acids is 1. The summed E-state index contributed by atoms with van der Waals surface area (Å²) in [6.07, 6.45) is 24.3. The fourth-order valence-corrected chi connectivity index (χ4v) is 4.64. The molecule has 0 aliphatic rings. The van der Waals surface area contributed by atoms with E-state index in [4.69, 9.17) is 5.11 Å². The SMILES string of the molecule is CCCCCCCCCCCCNC(=O)CC[C@H](NC(=O)C(=O)O)C(=O)NCCCCCCCCCCCC. The van der Waals surface area contributed by atoms with Crippen molar-refractivity contribution in [2.45, 2.75) is 161 Å². The zero-order valence-corrected chi connectivity index (χ0v) is 25.1. The zero-order chi connectivity index (χ0) is 29.0. The number of hydrogen-bond donors (Lipinski definition) is 4. The molecule has 0 unspecified atom stereocenters. The van der Waals surface area contributed by atoms with Gasteiger partial charge in [-0.15, -0.1) is 0 Å². The Morgan fingerprint density at radius 1 is 0.564 bits per heavy atom. The van der Waals surface area contributed by atoms with Crippen molar-refractivity contribution < 1.29 is 24.3 Å². The van der Waals surface area contributed by atoms with E-state index in [9.17, 15) is 19.2 Å². The lowest BCUT2D eigenvalue weighted by Crippen LogP contribution is -2.49. The van der Waals surface area contributed by atoms with Crippen molar-refractivity contribution in [1.29, 1.82) is 0 Å². The van der Waals surface area contributed by atoms with Crippen LogP contribution in [0.5, 0.6) is 0 Å². The Labute approximate surface area is 238 Å². The highest BCUT2D eigenvalue weighted by molar-refractivity contribution is 6.32. The maximum absolute atomic E-state index is 12.6. The van der Waals surface area contributed by atoms with Crippen LogP contribution in [0.25, 0.3) is 0 Å². The Hall–Kier alpha value is -2.12. The van der Waals surface area contributed by atoms with Gasteiger partial charge in [0.1, 0.15) is 6.04 Å². The van der Waals surface area contributed by atoms with Crippen molar-refractivity contribution in [3.8, 4) is 0 Å². The van der Waals surface area contributed by atoms with Gasteiger partial charge in [-0.1, -0.05) is 129 Å². The molecule has 0 spiro atoms. The van der Waals surface area contributed by atoms with E-state index in [-0.39, 0.29) is 18.7 Å². The van der Waals surface area contributed by atoms with E-state index >= 15 is 0 Å². The molecule has 0 saturated heterocycles. The van der Waals surface area contributed by atoms with Crippen molar-refractivity contribution in [1.82, 2.24) is 16.0 Å². The molecule has 0 aliphatic heterocycles. The van der Waals surface area contributed by atoms with Crippen LogP contribution in [0.15, 0.2) is 0 Å². The molecule has 4 N–H and O–H groups in total. The fourth-order valence-electron chi connectivity index (χ4n) is 4.64. The lowest BCUT2D eigenvalue weighted by Gasteiger charge is -2.17. The molecule has 228 valence electrons. The van der Waals surface area contributed by atoms with Gasteiger partial charge >= 0.3 is 11.9 Å².